The molecule has 0 spiro atoms. The second-order valence-electron chi connectivity index (χ2n) is 3.80. The molecule has 0 amide bonds. The number of hydrogen-bond acceptors (Lipinski definition) is 4. The van der Waals surface area contributed by atoms with Crippen LogP contribution in [-0.2, 0) is 0 Å². The highest BCUT2D eigenvalue weighted by molar-refractivity contribution is 6.32. The molecule has 4 nitrogen and oxygen atoms in total. The Balaban J connectivity index is 2.33. The standard InChI is InChI=1S/C10H15ClN4/c1-7-4-3-5-15(7)9-8(11)6-13-10(12-2)14-9/h6-7H,3-5H2,1-2H3,(H,12,13,14). The van der Waals surface area contributed by atoms with Gasteiger partial charge in [0.1, 0.15) is 5.02 Å². The van der Waals surface area contributed by atoms with E-state index in [2.05, 4.69) is 27.1 Å². The molecule has 82 valence electrons. The van der Waals surface area contributed by atoms with E-state index in [1.165, 1.54) is 12.8 Å². The van der Waals surface area contributed by atoms with E-state index in [1.807, 2.05) is 0 Å². The molecule has 1 saturated heterocycles. The third-order valence-corrected chi connectivity index (χ3v) is 3.04. The summed E-state index contributed by atoms with van der Waals surface area (Å²) in [6, 6.07) is 0.516. The van der Waals surface area contributed by atoms with E-state index in [9.17, 15) is 0 Å². The molecule has 1 aromatic heterocycles. The van der Waals surface area contributed by atoms with E-state index in [-0.39, 0.29) is 0 Å². The van der Waals surface area contributed by atoms with Gasteiger partial charge in [0.2, 0.25) is 5.95 Å². The van der Waals surface area contributed by atoms with Crippen molar-refractivity contribution in [2.24, 2.45) is 0 Å². The maximum absolute atomic E-state index is 6.10. The Morgan fingerprint density at radius 3 is 3.00 bits per heavy atom. The van der Waals surface area contributed by atoms with E-state index in [4.69, 9.17) is 11.6 Å². The largest absolute Gasteiger partial charge is 0.357 e. The van der Waals surface area contributed by atoms with Crippen molar-refractivity contribution in [3.05, 3.63) is 11.2 Å². The molecule has 2 heterocycles. The molecule has 0 saturated carbocycles. The van der Waals surface area contributed by atoms with Crippen molar-refractivity contribution in [3.63, 3.8) is 0 Å². The fourth-order valence-corrected chi connectivity index (χ4v) is 2.13. The normalized spacial score (nSPS) is 20.7. The Labute approximate surface area is 94.7 Å². The molecule has 1 aliphatic rings. The van der Waals surface area contributed by atoms with Gasteiger partial charge in [0.15, 0.2) is 5.82 Å². The molecule has 1 N–H and O–H groups in total. The third-order valence-electron chi connectivity index (χ3n) is 2.77. The molecule has 1 aromatic rings. The van der Waals surface area contributed by atoms with Gasteiger partial charge in [0.25, 0.3) is 0 Å². The molecule has 1 unspecified atom stereocenters. The fourth-order valence-electron chi connectivity index (χ4n) is 1.93. The number of nitrogens with one attached hydrogen (secondary N) is 1. The first-order valence-electron chi connectivity index (χ1n) is 5.19. The second-order valence-corrected chi connectivity index (χ2v) is 4.21. The minimum atomic E-state index is 0.516. The molecule has 1 atom stereocenters. The van der Waals surface area contributed by atoms with Crippen molar-refractivity contribution in [2.75, 3.05) is 23.8 Å². The summed E-state index contributed by atoms with van der Waals surface area (Å²) in [5, 5.41) is 3.55. The molecule has 1 fully saturated rings. The smallest absolute Gasteiger partial charge is 0.224 e. The van der Waals surface area contributed by atoms with Gasteiger partial charge >= 0.3 is 0 Å². The van der Waals surface area contributed by atoms with Crippen molar-refractivity contribution in [2.45, 2.75) is 25.8 Å². The number of rotatable bonds is 2. The molecule has 1 aliphatic heterocycles. The summed E-state index contributed by atoms with van der Waals surface area (Å²) < 4.78 is 0. The van der Waals surface area contributed by atoms with Gasteiger partial charge in [-0.15, -0.1) is 0 Å². The average Bonchev–Trinajstić information content (AvgIpc) is 2.65. The third kappa shape index (κ3) is 2.00. The van der Waals surface area contributed by atoms with Crippen LogP contribution in [0.15, 0.2) is 6.20 Å². The highest BCUT2D eigenvalue weighted by atomic mass is 35.5. The average molecular weight is 227 g/mol. The molecular formula is C10H15ClN4. The predicted octanol–water partition coefficient (Wildman–Crippen LogP) is 2.16. The van der Waals surface area contributed by atoms with Gasteiger partial charge in [-0.2, -0.15) is 4.98 Å². The monoisotopic (exact) mass is 226 g/mol. The molecule has 5 heteroatoms. The number of anilines is 2. The zero-order chi connectivity index (χ0) is 10.8. The topological polar surface area (TPSA) is 41.1 Å². The van der Waals surface area contributed by atoms with Crippen molar-refractivity contribution in [1.29, 1.82) is 0 Å². The van der Waals surface area contributed by atoms with Gasteiger partial charge in [-0.1, -0.05) is 11.6 Å². The van der Waals surface area contributed by atoms with Crippen LogP contribution in [0.25, 0.3) is 0 Å². The zero-order valence-corrected chi connectivity index (χ0v) is 9.75. The van der Waals surface area contributed by atoms with Gasteiger partial charge < -0.3 is 10.2 Å². The van der Waals surface area contributed by atoms with Crippen LogP contribution in [0.4, 0.5) is 11.8 Å². The first kappa shape index (κ1) is 10.5. The van der Waals surface area contributed by atoms with Crippen molar-refractivity contribution in [1.82, 2.24) is 9.97 Å². The summed E-state index contributed by atoms with van der Waals surface area (Å²) in [6.07, 6.45) is 4.06. The van der Waals surface area contributed by atoms with Crippen LogP contribution >= 0.6 is 11.6 Å². The van der Waals surface area contributed by atoms with Crippen LogP contribution in [0.3, 0.4) is 0 Å². The summed E-state index contributed by atoms with van der Waals surface area (Å²) in [5.74, 6) is 1.47. The summed E-state index contributed by atoms with van der Waals surface area (Å²) in [6.45, 7) is 3.23. The quantitative estimate of drug-likeness (QED) is 0.839. The van der Waals surface area contributed by atoms with Crippen LogP contribution in [0.5, 0.6) is 0 Å². The summed E-state index contributed by atoms with van der Waals surface area (Å²) >= 11 is 6.10. The Bertz CT molecular complexity index is 355. The zero-order valence-electron chi connectivity index (χ0n) is 9.00. The van der Waals surface area contributed by atoms with E-state index >= 15 is 0 Å². The van der Waals surface area contributed by atoms with Crippen LogP contribution in [0.2, 0.25) is 5.02 Å². The van der Waals surface area contributed by atoms with Gasteiger partial charge in [0, 0.05) is 19.6 Å². The Hall–Kier alpha value is -1.03. The maximum Gasteiger partial charge on any atom is 0.224 e. The summed E-state index contributed by atoms with van der Waals surface area (Å²) in [7, 11) is 1.81. The van der Waals surface area contributed by atoms with E-state index in [0.29, 0.717) is 17.0 Å². The summed E-state index contributed by atoms with van der Waals surface area (Å²) in [5.41, 5.74) is 0. The Morgan fingerprint density at radius 2 is 2.40 bits per heavy atom. The lowest BCUT2D eigenvalue weighted by Gasteiger charge is -2.23. The molecular weight excluding hydrogens is 212 g/mol. The van der Waals surface area contributed by atoms with Crippen molar-refractivity contribution >= 4 is 23.4 Å². The molecule has 2 rings (SSSR count). The van der Waals surface area contributed by atoms with E-state index in [1.54, 1.807) is 13.2 Å². The van der Waals surface area contributed by atoms with Gasteiger partial charge in [-0.3, -0.25) is 0 Å². The highest BCUT2D eigenvalue weighted by Gasteiger charge is 2.23. The SMILES string of the molecule is CNc1ncc(Cl)c(N2CCCC2C)n1. The number of halogens is 1. The first-order valence-corrected chi connectivity index (χ1v) is 5.57. The molecule has 0 aromatic carbocycles. The fraction of sp³-hybridized carbons (Fsp3) is 0.600. The van der Waals surface area contributed by atoms with Crippen LogP contribution < -0.4 is 10.2 Å². The molecule has 15 heavy (non-hydrogen) atoms. The Morgan fingerprint density at radius 1 is 1.60 bits per heavy atom. The lowest BCUT2D eigenvalue weighted by Crippen LogP contribution is -2.27. The van der Waals surface area contributed by atoms with Crippen LogP contribution in [0, 0.1) is 0 Å². The molecule has 0 aliphatic carbocycles. The number of aromatic nitrogens is 2. The number of nitrogens with zero attached hydrogens (tertiary/aromatic N) is 3. The lowest BCUT2D eigenvalue weighted by molar-refractivity contribution is 0.726. The van der Waals surface area contributed by atoms with Crippen molar-refractivity contribution in [3.8, 4) is 0 Å². The second kappa shape index (κ2) is 4.23. The van der Waals surface area contributed by atoms with Gasteiger partial charge in [0.05, 0.1) is 6.20 Å². The van der Waals surface area contributed by atoms with Gasteiger partial charge in [-0.05, 0) is 19.8 Å². The van der Waals surface area contributed by atoms with Crippen LogP contribution in [-0.4, -0.2) is 29.6 Å². The minimum absolute atomic E-state index is 0.516. The van der Waals surface area contributed by atoms with E-state index < -0.39 is 0 Å². The van der Waals surface area contributed by atoms with Crippen molar-refractivity contribution < 1.29 is 0 Å². The predicted molar refractivity (Wildman–Crippen MR) is 62.6 cm³/mol. The molecule has 0 bridgehead atoms. The minimum Gasteiger partial charge on any atom is -0.357 e. The van der Waals surface area contributed by atoms with Crippen LogP contribution in [0.1, 0.15) is 19.8 Å². The number of hydrogen-bond donors (Lipinski definition) is 1. The first-order chi connectivity index (χ1) is 7.22. The Kier molecular flexibility index (Phi) is 2.95. The van der Waals surface area contributed by atoms with Gasteiger partial charge in [-0.25, -0.2) is 4.98 Å². The summed E-state index contributed by atoms with van der Waals surface area (Å²) in [4.78, 5) is 10.7. The molecule has 0 radical (unpaired) electrons. The van der Waals surface area contributed by atoms with E-state index in [0.717, 1.165) is 12.4 Å². The lowest BCUT2D eigenvalue weighted by atomic mass is 10.2. The highest BCUT2D eigenvalue weighted by Crippen LogP contribution is 2.29. The maximum atomic E-state index is 6.10.